The third kappa shape index (κ3) is 3.35. The topological polar surface area (TPSA) is 50.1 Å². The summed E-state index contributed by atoms with van der Waals surface area (Å²) >= 11 is 3.26. The summed E-state index contributed by atoms with van der Waals surface area (Å²) < 4.78 is 5.85. The Morgan fingerprint density at radius 1 is 1.44 bits per heavy atom. The van der Waals surface area contributed by atoms with Crippen molar-refractivity contribution in [3.63, 3.8) is 0 Å². The van der Waals surface area contributed by atoms with Crippen molar-refractivity contribution in [2.45, 2.75) is 26.4 Å². The van der Waals surface area contributed by atoms with Crippen LogP contribution >= 0.6 is 15.9 Å². The van der Waals surface area contributed by atoms with Gasteiger partial charge in [0.25, 0.3) is 0 Å². The Kier molecular flexibility index (Phi) is 3.71. The molecule has 3 nitrogen and oxygen atoms in total. The van der Waals surface area contributed by atoms with E-state index in [1.165, 1.54) is 6.07 Å². The monoisotopic (exact) mass is 281 g/mol. The van der Waals surface area contributed by atoms with Crippen LogP contribution in [0.1, 0.15) is 36.7 Å². The number of nitrogens with zero attached hydrogens (tertiary/aromatic N) is 1. The molecule has 84 valence electrons. The number of nitriles is 1. The number of carbonyl (C=O) groups excluding carboxylic acids is 1. The number of esters is 1. The summed E-state index contributed by atoms with van der Waals surface area (Å²) in [5.41, 5.74) is 0.261. The van der Waals surface area contributed by atoms with Crippen LogP contribution in [0.3, 0.4) is 0 Å². The standard InChI is InChI=1S/C12H12BrNO2/c1-12(2,3)16-11(15)9-6-8(7-14)4-5-10(9)13/h4-6H,1-3H3. The average Bonchev–Trinajstić information content (AvgIpc) is 2.15. The molecule has 0 spiro atoms. The van der Waals surface area contributed by atoms with E-state index in [0.29, 0.717) is 15.6 Å². The van der Waals surface area contributed by atoms with Crippen LogP contribution < -0.4 is 0 Å². The van der Waals surface area contributed by atoms with Crippen LogP contribution in [-0.4, -0.2) is 11.6 Å². The molecule has 0 bridgehead atoms. The minimum Gasteiger partial charge on any atom is -0.456 e. The van der Waals surface area contributed by atoms with Gasteiger partial charge >= 0.3 is 5.97 Å². The van der Waals surface area contributed by atoms with Crippen molar-refractivity contribution < 1.29 is 9.53 Å². The summed E-state index contributed by atoms with van der Waals surface area (Å²) in [7, 11) is 0. The summed E-state index contributed by atoms with van der Waals surface area (Å²) in [6, 6.07) is 6.80. The molecule has 0 saturated heterocycles. The van der Waals surface area contributed by atoms with Crippen LogP contribution in [0.2, 0.25) is 0 Å². The van der Waals surface area contributed by atoms with Crippen LogP contribution in [0.5, 0.6) is 0 Å². The number of hydrogen-bond donors (Lipinski definition) is 0. The van der Waals surface area contributed by atoms with E-state index < -0.39 is 11.6 Å². The van der Waals surface area contributed by atoms with Crippen molar-refractivity contribution in [2.75, 3.05) is 0 Å². The molecule has 0 N–H and O–H groups in total. The fourth-order valence-electron chi connectivity index (χ4n) is 1.08. The number of rotatable bonds is 1. The fraction of sp³-hybridized carbons (Fsp3) is 0.333. The summed E-state index contributed by atoms with van der Waals surface area (Å²) in [5, 5.41) is 8.75. The van der Waals surface area contributed by atoms with Gasteiger partial charge in [-0.1, -0.05) is 0 Å². The molecule has 1 rings (SSSR count). The summed E-state index contributed by atoms with van der Waals surface area (Å²) in [6.45, 7) is 5.40. The van der Waals surface area contributed by atoms with Crippen molar-refractivity contribution in [1.29, 1.82) is 5.26 Å². The lowest BCUT2D eigenvalue weighted by Gasteiger charge is -2.19. The molecule has 0 aromatic heterocycles. The highest BCUT2D eigenvalue weighted by molar-refractivity contribution is 9.10. The highest BCUT2D eigenvalue weighted by atomic mass is 79.9. The summed E-state index contributed by atoms with van der Waals surface area (Å²) in [6.07, 6.45) is 0. The second-order valence-electron chi connectivity index (χ2n) is 4.31. The molecule has 0 aliphatic carbocycles. The van der Waals surface area contributed by atoms with Gasteiger partial charge in [0.1, 0.15) is 5.60 Å². The van der Waals surface area contributed by atoms with Gasteiger partial charge in [-0.25, -0.2) is 4.79 Å². The lowest BCUT2D eigenvalue weighted by Crippen LogP contribution is -2.24. The summed E-state index contributed by atoms with van der Waals surface area (Å²) in [5.74, 6) is -0.434. The quantitative estimate of drug-likeness (QED) is 0.743. The number of ether oxygens (including phenoxy) is 1. The highest BCUT2D eigenvalue weighted by Gasteiger charge is 2.20. The number of halogens is 1. The third-order valence-corrected chi connectivity index (χ3v) is 2.41. The maximum atomic E-state index is 11.8. The second kappa shape index (κ2) is 4.67. The lowest BCUT2D eigenvalue weighted by molar-refractivity contribution is 0.00684. The van der Waals surface area contributed by atoms with Crippen LogP contribution in [0.25, 0.3) is 0 Å². The smallest absolute Gasteiger partial charge is 0.339 e. The Labute approximate surface area is 103 Å². The molecule has 4 heteroatoms. The zero-order chi connectivity index (χ0) is 12.3. The Hall–Kier alpha value is -1.34. The van der Waals surface area contributed by atoms with Crippen LogP contribution in [0, 0.1) is 11.3 Å². The van der Waals surface area contributed by atoms with Crippen LogP contribution in [-0.2, 0) is 4.74 Å². The molecule has 0 aliphatic heterocycles. The van der Waals surface area contributed by atoms with Crippen molar-refractivity contribution in [3.05, 3.63) is 33.8 Å². The summed E-state index contributed by atoms with van der Waals surface area (Å²) in [4.78, 5) is 11.8. The zero-order valence-electron chi connectivity index (χ0n) is 9.37. The van der Waals surface area contributed by atoms with Crippen molar-refractivity contribution >= 4 is 21.9 Å². The minimum atomic E-state index is -0.542. The van der Waals surface area contributed by atoms with E-state index in [4.69, 9.17) is 10.00 Å². The van der Waals surface area contributed by atoms with Crippen molar-refractivity contribution in [1.82, 2.24) is 0 Å². The molecular formula is C12H12BrNO2. The SMILES string of the molecule is CC(C)(C)OC(=O)c1cc(C#N)ccc1Br. The van der Waals surface area contributed by atoms with Gasteiger partial charge in [0.05, 0.1) is 17.2 Å². The first-order valence-corrected chi connectivity index (χ1v) is 5.56. The molecule has 0 heterocycles. The maximum Gasteiger partial charge on any atom is 0.339 e. The number of hydrogen-bond acceptors (Lipinski definition) is 3. The van der Waals surface area contributed by atoms with Crippen molar-refractivity contribution in [3.8, 4) is 6.07 Å². The number of carbonyl (C=O) groups is 1. The van der Waals surface area contributed by atoms with Gasteiger partial charge in [0, 0.05) is 4.47 Å². The molecule has 0 fully saturated rings. The van der Waals surface area contributed by atoms with Crippen LogP contribution in [0.15, 0.2) is 22.7 Å². The van der Waals surface area contributed by atoms with Gasteiger partial charge < -0.3 is 4.74 Å². The van der Waals surface area contributed by atoms with E-state index in [1.54, 1.807) is 32.9 Å². The first kappa shape index (κ1) is 12.7. The van der Waals surface area contributed by atoms with Crippen LogP contribution in [0.4, 0.5) is 0 Å². The molecule has 0 atom stereocenters. The molecule has 16 heavy (non-hydrogen) atoms. The van der Waals surface area contributed by atoms with Gasteiger partial charge in [0.15, 0.2) is 0 Å². The minimum absolute atomic E-state index is 0.369. The molecule has 0 unspecified atom stereocenters. The predicted molar refractivity (Wildman–Crippen MR) is 64.0 cm³/mol. The molecule has 0 radical (unpaired) electrons. The van der Waals surface area contributed by atoms with E-state index in [2.05, 4.69) is 15.9 Å². The van der Waals surface area contributed by atoms with Gasteiger partial charge in [-0.3, -0.25) is 0 Å². The highest BCUT2D eigenvalue weighted by Crippen LogP contribution is 2.21. The van der Waals surface area contributed by atoms with Crippen molar-refractivity contribution in [2.24, 2.45) is 0 Å². The van der Waals surface area contributed by atoms with Gasteiger partial charge in [-0.2, -0.15) is 5.26 Å². The van der Waals surface area contributed by atoms with E-state index in [1.807, 2.05) is 6.07 Å². The van der Waals surface area contributed by atoms with Gasteiger partial charge in [0.2, 0.25) is 0 Å². The fourth-order valence-corrected chi connectivity index (χ4v) is 1.49. The van der Waals surface area contributed by atoms with E-state index in [9.17, 15) is 4.79 Å². The Morgan fingerprint density at radius 3 is 2.56 bits per heavy atom. The normalized spacial score (nSPS) is 10.7. The number of benzene rings is 1. The Morgan fingerprint density at radius 2 is 2.06 bits per heavy atom. The van der Waals surface area contributed by atoms with E-state index in [-0.39, 0.29) is 0 Å². The second-order valence-corrected chi connectivity index (χ2v) is 5.16. The molecule has 0 amide bonds. The van der Waals surface area contributed by atoms with E-state index in [0.717, 1.165) is 0 Å². The molecule has 0 aliphatic rings. The lowest BCUT2D eigenvalue weighted by atomic mass is 10.1. The van der Waals surface area contributed by atoms with E-state index >= 15 is 0 Å². The first-order valence-electron chi connectivity index (χ1n) is 4.76. The Bertz CT molecular complexity index is 455. The Balaban J connectivity index is 3.04. The molecule has 1 aromatic carbocycles. The third-order valence-electron chi connectivity index (χ3n) is 1.71. The zero-order valence-corrected chi connectivity index (χ0v) is 11.0. The van der Waals surface area contributed by atoms with Gasteiger partial charge in [-0.05, 0) is 54.9 Å². The predicted octanol–water partition coefficient (Wildman–Crippen LogP) is 3.28. The van der Waals surface area contributed by atoms with Gasteiger partial charge in [-0.15, -0.1) is 0 Å². The molecule has 0 saturated carbocycles. The largest absolute Gasteiger partial charge is 0.456 e. The average molecular weight is 282 g/mol. The maximum absolute atomic E-state index is 11.8. The first-order chi connectivity index (χ1) is 7.33. The molecule has 1 aromatic rings. The molecular weight excluding hydrogens is 270 g/mol.